The first kappa shape index (κ1) is 24.6. The highest BCUT2D eigenvalue weighted by atomic mass is 35.5. The number of benzene rings is 4. The van der Waals surface area contributed by atoms with Crippen molar-refractivity contribution >= 4 is 34.3 Å². The number of nitrogens with zero attached hydrogens (tertiary/aromatic N) is 1. The smallest absolute Gasteiger partial charge is 0.255 e. The second-order valence-electron chi connectivity index (χ2n) is 9.01. The molecule has 0 aliphatic rings. The SMILES string of the molecule is CC[C@@H](C)c1ccc2oc(-c3ccc(Cl)c(NC(=O)c4cccc(OCc5ccccc5)c4)c3)nc2c1. The number of oxazole rings is 1. The number of rotatable bonds is 8. The third-order valence-electron chi connectivity index (χ3n) is 6.40. The molecule has 0 spiro atoms. The van der Waals surface area contributed by atoms with Gasteiger partial charge in [0.25, 0.3) is 5.91 Å². The second-order valence-corrected chi connectivity index (χ2v) is 9.41. The molecule has 5 aromatic rings. The van der Waals surface area contributed by atoms with Crippen LogP contribution in [-0.4, -0.2) is 10.9 Å². The number of hydrogen-bond acceptors (Lipinski definition) is 4. The van der Waals surface area contributed by atoms with Gasteiger partial charge in [-0.3, -0.25) is 4.79 Å². The molecule has 1 aromatic heterocycles. The van der Waals surface area contributed by atoms with Crippen molar-refractivity contribution < 1.29 is 13.9 Å². The van der Waals surface area contributed by atoms with Crippen molar-refractivity contribution in [2.45, 2.75) is 32.8 Å². The zero-order valence-electron chi connectivity index (χ0n) is 20.7. The summed E-state index contributed by atoms with van der Waals surface area (Å²) in [5.74, 6) is 1.24. The zero-order valence-corrected chi connectivity index (χ0v) is 21.5. The van der Waals surface area contributed by atoms with Gasteiger partial charge in [0, 0.05) is 11.1 Å². The van der Waals surface area contributed by atoms with Crippen LogP contribution in [0.15, 0.2) is 95.4 Å². The molecule has 0 fully saturated rings. The topological polar surface area (TPSA) is 64.4 Å². The van der Waals surface area contributed by atoms with Crippen LogP contribution in [0, 0.1) is 0 Å². The Morgan fingerprint density at radius 3 is 2.65 bits per heavy atom. The van der Waals surface area contributed by atoms with Crippen LogP contribution in [0.25, 0.3) is 22.6 Å². The number of hydrogen-bond donors (Lipinski definition) is 1. The zero-order chi connectivity index (χ0) is 25.8. The molecule has 1 heterocycles. The van der Waals surface area contributed by atoms with E-state index in [0.717, 1.165) is 28.6 Å². The predicted molar refractivity (Wildman–Crippen MR) is 148 cm³/mol. The Morgan fingerprint density at radius 1 is 1.00 bits per heavy atom. The van der Waals surface area contributed by atoms with E-state index in [9.17, 15) is 4.79 Å². The lowest BCUT2D eigenvalue weighted by atomic mass is 9.98. The molecule has 5 nitrogen and oxygen atoms in total. The van der Waals surface area contributed by atoms with Gasteiger partial charge in [-0.2, -0.15) is 0 Å². The second kappa shape index (κ2) is 10.9. The van der Waals surface area contributed by atoms with Gasteiger partial charge in [-0.25, -0.2) is 4.98 Å². The maximum atomic E-state index is 13.0. The first-order chi connectivity index (χ1) is 18.0. The van der Waals surface area contributed by atoms with Gasteiger partial charge < -0.3 is 14.5 Å². The summed E-state index contributed by atoms with van der Waals surface area (Å²) in [5.41, 5.74) is 5.47. The van der Waals surface area contributed by atoms with Gasteiger partial charge in [-0.1, -0.05) is 67.9 Å². The Labute approximate surface area is 221 Å². The van der Waals surface area contributed by atoms with E-state index in [1.807, 2.05) is 48.5 Å². The summed E-state index contributed by atoms with van der Waals surface area (Å²) in [6, 6.07) is 28.4. The number of aromatic nitrogens is 1. The molecule has 0 saturated carbocycles. The summed E-state index contributed by atoms with van der Waals surface area (Å²) < 4.78 is 11.9. The van der Waals surface area contributed by atoms with E-state index in [0.29, 0.717) is 40.4 Å². The number of amides is 1. The number of carbonyl (C=O) groups excluding carboxylic acids is 1. The van der Waals surface area contributed by atoms with Crippen molar-refractivity contribution in [3.05, 3.63) is 113 Å². The lowest BCUT2D eigenvalue weighted by molar-refractivity contribution is 0.102. The fourth-order valence-electron chi connectivity index (χ4n) is 4.03. The molecule has 6 heteroatoms. The third-order valence-corrected chi connectivity index (χ3v) is 6.73. The normalized spacial score (nSPS) is 11.9. The number of halogens is 1. The van der Waals surface area contributed by atoms with E-state index >= 15 is 0 Å². The molecule has 1 amide bonds. The Kier molecular flexibility index (Phi) is 7.24. The van der Waals surface area contributed by atoms with Crippen LogP contribution in [0.4, 0.5) is 5.69 Å². The Bertz CT molecular complexity index is 1550. The number of carbonyl (C=O) groups is 1. The fourth-order valence-corrected chi connectivity index (χ4v) is 4.19. The Morgan fingerprint density at radius 2 is 1.84 bits per heavy atom. The number of ether oxygens (including phenoxy) is 1. The molecule has 5 rings (SSSR count). The number of nitrogens with one attached hydrogen (secondary N) is 1. The average molecular weight is 511 g/mol. The van der Waals surface area contributed by atoms with Crippen molar-refractivity contribution in [3.8, 4) is 17.2 Å². The van der Waals surface area contributed by atoms with Gasteiger partial charge in [0.1, 0.15) is 17.9 Å². The first-order valence-electron chi connectivity index (χ1n) is 12.3. The molecule has 37 heavy (non-hydrogen) atoms. The van der Waals surface area contributed by atoms with E-state index in [2.05, 4.69) is 36.3 Å². The van der Waals surface area contributed by atoms with Crippen molar-refractivity contribution in [2.24, 2.45) is 0 Å². The number of fused-ring (bicyclic) bond motifs is 1. The first-order valence-corrected chi connectivity index (χ1v) is 12.7. The van der Waals surface area contributed by atoms with Crippen LogP contribution in [0.5, 0.6) is 5.75 Å². The summed E-state index contributed by atoms with van der Waals surface area (Å²) in [4.78, 5) is 17.7. The minimum Gasteiger partial charge on any atom is -0.489 e. The van der Waals surface area contributed by atoms with Crippen LogP contribution in [0.2, 0.25) is 5.02 Å². The van der Waals surface area contributed by atoms with E-state index in [1.165, 1.54) is 5.56 Å². The molecular formula is C31H27ClN2O3. The lowest BCUT2D eigenvalue weighted by Crippen LogP contribution is -2.12. The predicted octanol–water partition coefficient (Wildman–Crippen LogP) is 8.49. The van der Waals surface area contributed by atoms with Crippen LogP contribution in [-0.2, 0) is 6.61 Å². The summed E-state index contributed by atoms with van der Waals surface area (Å²) in [5, 5.41) is 3.33. The summed E-state index contributed by atoms with van der Waals surface area (Å²) >= 11 is 6.42. The van der Waals surface area contributed by atoms with Gasteiger partial charge in [0.15, 0.2) is 5.58 Å². The summed E-state index contributed by atoms with van der Waals surface area (Å²) in [6.07, 6.45) is 1.05. The highest BCUT2D eigenvalue weighted by Gasteiger charge is 2.15. The quantitative estimate of drug-likeness (QED) is 0.227. The standard InChI is InChI=1S/C31H27ClN2O3/c1-3-20(2)22-13-15-29-28(17-22)34-31(37-29)24-12-14-26(32)27(18-24)33-30(35)23-10-7-11-25(16-23)36-19-21-8-5-4-6-9-21/h4-18,20H,3,19H2,1-2H3,(H,33,35)/t20-/m1/s1. The highest BCUT2D eigenvalue weighted by molar-refractivity contribution is 6.34. The van der Waals surface area contributed by atoms with Gasteiger partial charge >= 0.3 is 0 Å². The van der Waals surface area contributed by atoms with E-state index in [1.54, 1.807) is 30.3 Å². The fraction of sp³-hybridized carbons (Fsp3) is 0.161. The van der Waals surface area contributed by atoms with Crippen LogP contribution in [0.1, 0.15) is 47.7 Å². The highest BCUT2D eigenvalue weighted by Crippen LogP contribution is 2.32. The molecule has 0 radical (unpaired) electrons. The van der Waals surface area contributed by atoms with Crippen LogP contribution >= 0.6 is 11.6 Å². The number of anilines is 1. The molecule has 1 atom stereocenters. The minimum absolute atomic E-state index is 0.292. The Hall–Kier alpha value is -4.09. The molecule has 1 N–H and O–H groups in total. The van der Waals surface area contributed by atoms with Gasteiger partial charge in [0.2, 0.25) is 5.89 Å². The maximum absolute atomic E-state index is 13.0. The lowest BCUT2D eigenvalue weighted by Gasteiger charge is -2.10. The van der Waals surface area contributed by atoms with Crippen LogP contribution < -0.4 is 10.1 Å². The largest absolute Gasteiger partial charge is 0.489 e. The average Bonchev–Trinajstić information content (AvgIpc) is 3.37. The van der Waals surface area contributed by atoms with Crippen molar-refractivity contribution in [3.63, 3.8) is 0 Å². The molecular weight excluding hydrogens is 484 g/mol. The molecule has 0 aliphatic carbocycles. The van der Waals surface area contributed by atoms with E-state index in [4.69, 9.17) is 20.8 Å². The van der Waals surface area contributed by atoms with Crippen molar-refractivity contribution in [1.29, 1.82) is 0 Å². The van der Waals surface area contributed by atoms with Gasteiger partial charge in [0.05, 0.1) is 10.7 Å². The molecule has 0 saturated heterocycles. The summed E-state index contributed by atoms with van der Waals surface area (Å²) in [6.45, 7) is 4.78. The molecule has 186 valence electrons. The maximum Gasteiger partial charge on any atom is 0.255 e. The van der Waals surface area contributed by atoms with E-state index in [-0.39, 0.29) is 5.91 Å². The van der Waals surface area contributed by atoms with E-state index < -0.39 is 0 Å². The van der Waals surface area contributed by atoms with Crippen molar-refractivity contribution in [2.75, 3.05) is 5.32 Å². The molecule has 0 unspecified atom stereocenters. The van der Waals surface area contributed by atoms with Gasteiger partial charge in [-0.15, -0.1) is 0 Å². The third kappa shape index (κ3) is 5.68. The monoisotopic (exact) mass is 510 g/mol. The molecule has 0 bridgehead atoms. The van der Waals surface area contributed by atoms with Crippen LogP contribution in [0.3, 0.4) is 0 Å². The Balaban J connectivity index is 1.34. The minimum atomic E-state index is -0.292. The van der Waals surface area contributed by atoms with Gasteiger partial charge in [-0.05, 0) is 72.0 Å². The molecule has 0 aliphatic heterocycles. The molecule has 4 aromatic carbocycles. The van der Waals surface area contributed by atoms with Crippen molar-refractivity contribution in [1.82, 2.24) is 4.98 Å². The summed E-state index contributed by atoms with van der Waals surface area (Å²) in [7, 11) is 0.